The fourth-order valence-corrected chi connectivity index (χ4v) is 1.97. The molecule has 0 fully saturated rings. The van der Waals surface area contributed by atoms with Gasteiger partial charge < -0.3 is 9.15 Å². The predicted molar refractivity (Wildman–Crippen MR) is 77.0 cm³/mol. The molecular weight excluding hydrogens is 254 g/mol. The first-order valence-corrected chi connectivity index (χ1v) is 6.65. The summed E-state index contributed by atoms with van der Waals surface area (Å²) in [7, 11) is 1.61. The number of benzene rings is 1. The van der Waals surface area contributed by atoms with Crippen molar-refractivity contribution >= 4 is 5.78 Å². The average molecular weight is 273 g/mol. The van der Waals surface area contributed by atoms with Crippen molar-refractivity contribution in [2.75, 3.05) is 20.2 Å². The number of rotatable bonds is 7. The zero-order valence-corrected chi connectivity index (χ0v) is 11.8. The maximum absolute atomic E-state index is 12.2. The first-order chi connectivity index (χ1) is 9.72. The standard InChI is InChI=1S/C16H19NO3/c1-3-17(11-15-5-4-10-20-15)12-16(18)13-6-8-14(19-2)9-7-13/h4-10H,3,11-12H2,1-2H3. The van der Waals surface area contributed by atoms with Gasteiger partial charge in [-0.15, -0.1) is 0 Å². The van der Waals surface area contributed by atoms with Crippen molar-refractivity contribution in [1.82, 2.24) is 4.90 Å². The second-order valence-electron chi connectivity index (χ2n) is 4.53. The lowest BCUT2D eigenvalue weighted by Gasteiger charge is -2.18. The van der Waals surface area contributed by atoms with Gasteiger partial charge in [-0.2, -0.15) is 0 Å². The van der Waals surface area contributed by atoms with Gasteiger partial charge in [0.15, 0.2) is 5.78 Å². The van der Waals surface area contributed by atoms with Crippen LogP contribution in [0.1, 0.15) is 23.0 Å². The fraction of sp³-hybridized carbons (Fsp3) is 0.312. The normalized spacial score (nSPS) is 10.8. The minimum atomic E-state index is 0.0982. The monoisotopic (exact) mass is 273 g/mol. The summed E-state index contributed by atoms with van der Waals surface area (Å²) in [6.07, 6.45) is 1.65. The second-order valence-corrected chi connectivity index (χ2v) is 4.53. The molecule has 0 N–H and O–H groups in total. The van der Waals surface area contributed by atoms with Gasteiger partial charge in [-0.1, -0.05) is 6.92 Å². The van der Waals surface area contributed by atoms with E-state index in [1.165, 1.54) is 0 Å². The predicted octanol–water partition coefficient (Wildman–Crippen LogP) is 2.99. The molecule has 0 saturated carbocycles. The minimum absolute atomic E-state index is 0.0982. The topological polar surface area (TPSA) is 42.7 Å². The van der Waals surface area contributed by atoms with E-state index in [-0.39, 0.29) is 5.78 Å². The highest BCUT2D eigenvalue weighted by Gasteiger charge is 2.12. The van der Waals surface area contributed by atoms with Crippen molar-refractivity contribution in [2.24, 2.45) is 0 Å². The largest absolute Gasteiger partial charge is 0.497 e. The van der Waals surface area contributed by atoms with Crippen LogP contribution < -0.4 is 4.74 Å². The van der Waals surface area contributed by atoms with E-state index in [1.54, 1.807) is 37.6 Å². The van der Waals surface area contributed by atoms with E-state index in [2.05, 4.69) is 0 Å². The van der Waals surface area contributed by atoms with Crippen LogP contribution in [0, 0.1) is 0 Å². The number of hydrogen-bond acceptors (Lipinski definition) is 4. The second kappa shape index (κ2) is 6.91. The highest BCUT2D eigenvalue weighted by molar-refractivity contribution is 5.97. The van der Waals surface area contributed by atoms with Crippen LogP contribution in [0.25, 0.3) is 0 Å². The highest BCUT2D eigenvalue weighted by atomic mass is 16.5. The summed E-state index contributed by atoms with van der Waals surface area (Å²) in [5.74, 6) is 1.72. The van der Waals surface area contributed by atoms with Crippen LogP contribution in [0.5, 0.6) is 5.75 Å². The van der Waals surface area contributed by atoms with Gasteiger partial charge in [0.1, 0.15) is 11.5 Å². The molecule has 0 bridgehead atoms. The van der Waals surface area contributed by atoms with Crippen LogP contribution >= 0.6 is 0 Å². The van der Waals surface area contributed by atoms with Gasteiger partial charge in [-0.25, -0.2) is 0 Å². The number of likely N-dealkylation sites (N-methyl/N-ethyl adjacent to an activating group) is 1. The fourth-order valence-electron chi connectivity index (χ4n) is 1.97. The van der Waals surface area contributed by atoms with Crippen molar-refractivity contribution < 1.29 is 13.9 Å². The number of ketones is 1. The molecule has 2 aromatic rings. The van der Waals surface area contributed by atoms with Gasteiger partial charge in [0.2, 0.25) is 0 Å². The van der Waals surface area contributed by atoms with Crippen molar-refractivity contribution in [2.45, 2.75) is 13.5 Å². The van der Waals surface area contributed by atoms with Gasteiger partial charge in [0.05, 0.1) is 26.5 Å². The van der Waals surface area contributed by atoms with Gasteiger partial charge >= 0.3 is 0 Å². The van der Waals surface area contributed by atoms with Crippen LogP contribution in [-0.2, 0) is 6.54 Å². The number of ether oxygens (including phenoxy) is 1. The van der Waals surface area contributed by atoms with Crippen molar-refractivity contribution in [3.63, 3.8) is 0 Å². The van der Waals surface area contributed by atoms with Crippen LogP contribution in [0.4, 0.5) is 0 Å². The van der Waals surface area contributed by atoms with E-state index in [0.717, 1.165) is 18.1 Å². The highest BCUT2D eigenvalue weighted by Crippen LogP contribution is 2.13. The lowest BCUT2D eigenvalue weighted by atomic mass is 10.1. The van der Waals surface area contributed by atoms with Crippen molar-refractivity contribution in [3.05, 3.63) is 54.0 Å². The lowest BCUT2D eigenvalue weighted by molar-refractivity contribution is 0.0925. The van der Waals surface area contributed by atoms with Gasteiger partial charge in [0, 0.05) is 5.56 Å². The third-order valence-electron chi connectivity index (χ3n) is 3.19. The molecular formula is C16H19NO3. The maximum atomic E-state index is 12.2. The maximum Gasteiger partial charge on any atom is 0.176 e. The quantitative estimate of drug-likeness (QED) is 0.727. The summed E-state index contributed by atoms with van der Waals surface area (Å²) in [5, 5.41) is 0. The summed E-state index contributed by atoms with van der Waals surface area (Å²) >= 11 is 0. The zero-order chi connectivity index (χ0) is 14.4. The van der Waals surface area contributed by atoms with Crippen LogP contribution in [-0.4, -0.2) is 30.9 Å². The van der Waals surface area contributed by atoms with E-state index in [4.69, 9.17) is 9.15 Å². The Kier molecular flexibility index (Phi) is 4.96. The van der Waals surface area contributed by atoms with Gasteiger partial charge in [-0.05, 0) is 42.9 Å². The molecule has 20 heavy (non-hydrogen) atoms. The lowest BCUT2D eigenvalue weighted by Crippen LogP contribution is -2.29. The molecule has 0 spiro atoms. The van der Waals surface area contributed by atoms with E-state index in [0.29, 0.717) is 18.7 Å². The van der Waals surface area contributed by atoms with Crippen molar-refractivity contribution in [3.8, 4) is 5.75 Å². The third kappa shape index (κ3) is 3.71. The Morgan fingerprint density at radius 3 is 2.55 bits per heavy atom. The minimum Gasteiger partial charge on any atom is -0.497 e. The molecule has 4 heteroatoms. The molecule has 0 radical (unpaired) electrons. The number of carbonyl (C=O) groups excluding carboxylic acids is 1. The number of methoxy groups -OCH3 is 1. The summed E-state index contributed by atoms with van der Waals surface area (Å²) in [6.45, 7) is 3.85. The molecule has 0 saturated heterocycles. The summed E-state index contributed by atoms with van der Waals surface area (Å²) in [6, 6.07) is 11.0. The van der Waals surface area contributed by atoms with Crippen molar-refractivity contribution in [1.29, 1.82) is 0 Å². The van der Waals surface area contributed by atoms with E-state index in [9.17, 15) is 4.79 Å². The summed E-state index contributed by atoms with van der Waals surface area (Å²) in [5.41, 5.74) is 0.698. The first-order valence-electron chi connectivity index (χ1n) is 6.65. The average Bonchev–Trinajstić information content (AvgIpc) is 2.99. The molecule has 4 nitrogen and oxygen atoms in total. The number of Topliss-reactive ketones (excluding diaryl/α,β-unsaturated/α-hetero) is 1. The number of furan rings is 1. The Bertz CT molecular complexity index is 531. The molecule has 1 aromatic heterocycles. The third-order valence-corrected chi connectivity index (χ3v) is 3.19. The molecule has 1 aromatic carbocycles. The summed E-state index contributed by atoms with van der Waals surface area (Å²) in [4.78, 5) is 14.3. The zero-order valence-electron chi connectivity index (χ0n) is 11.8. The Balaban J connectivity index is 1.97. The molecule has 0 aliphatic rings. The van der Waals surface area contributed by atoms with Gasteiger partial charge in [-0.3, -0.25) is 9.69 Å². The van der Waals surface area contributed by atoms with Gasteiger partial charge in [0.25, 0.3) is 0 Å². The Labute approximate surface area is 119 Å². The van der Waals surface area contributed by atoms with Crippen LogP contribution in [0.3, 0.4) is 0 Å². The molecule has 106 valence electrons. The summed E-state index contributed by atoms with van der Waals surface area (Å²) < 4.78 is 10.4. The first kappa shape index (κ1) is 14.3. The van der Waals surface area contributed by atoms with E-state index in [1.807, 2.05) is 24.0 Å². The molecule has 0 unspecified atom stereocenters. The van der Waals surface area contributed by atoms with E-state index < -0.39 is 0 Å². The molecule has 0 aliphatic heterocycles. The smallest absolute Gasteiger partial charge is 0.176 e. The molecule has 2 rings (SSSR count). The number of hydrogen-bond donors (Lipinski definition) is 0. The number of carbonyl (C=O) groups is 1. The molecule has 0 atom stereocenters. The van der Waals surface area contributed by atoms with Crippen LogP contribution in [0.15, 0.2) is 47.1 Å². The molecule has 0 aliphatic carbocycles. The number of nitrogens with zero attached hydrogens (tertiary/aromatic N) is 1. The van der Waals surface area contributed by atoms with E-state index >= 15 is 0 Å². The SMILES string of the molecule is CCN(CC(=O)c1ccc(OC)cc1)Cc1ccco1. The molecule has 1 heterocycles. The Hall–Kier alpha value is -2.07. The molecule has 0 amide bonds. The Morgan fingerprint density at radius 2 is 2.00 bits per heavy atom. The van der Waals surface area contributed by atoms with Crippen LogP contribution in [0.2, 0.25) is 0 Å². The Morgan fingerprint density at radius 1 is 1.25 bits per heavy atom.